The zero-order chi connectivity index (χ0) is 23.4. The normalized spacial score (nSPS) is 45.8. The number of rotatable bonds is 3. The summed E-state index contributed by atoms with van der Waals surface area (Å²) in [4.78, 5) is 15.1. The molecular formula is C27H44N4O2. The van der Waals surface area contributed by atoms with Crippen LogP contribution in [0.25, 0.3) is 0 Å². The fraction of sp³-hybridized carbons (Fsp3) is 0.926. The van der Waals surface area contributed by atoms with Gasteiger partial charge in [-0.1, -0.05) is 33.1 Å². The van der Waals surface area contributed by atoms with Crippen LogP contribution in [0.15, 0.2) is 0 Å². The number of hydrogen-bond acceptors (Lipinski definition) is 5. The number of ketones is 1. The Kier molecular flexibility index (Phi) is 5.98. The molecule has 0 aliphatic heterocycles. The largest absolute Gasteiger partial charge is 0.390 e. The predicted molar refractivity (Wildman–Crippen MR) is 127 cm³/mol. The van der Waals surface area contributed by atoms with E-state index in [1.807, 2.05) is 6.92 Å². The number of aliphatic hydroxyl groups is 1. The molecule has 0 aromatic carbocycles. The first kappa shape index (κ1) is 23.4. The van der Waals surface area contributed by atoms with Gasteiger partial charge in [-0.05, 0) is 111 Å². The van der Waals surface area contributed by atoms with Crippen molar-refractivity contribution in [1.82, 2.24) is 20.2 Å². The molecule has 1 N–H and O–H groups in total. The second kappa shape index (κ2) is 8.42. The van der Waals surface area contributed by atoms with E-state index in [2.05, 4.69) is 36.2 Å². The maximum atomic E-state index is 13.6. The van der Waals surface area contributed by atoms with Gasteiger partial charge in [-0.2, -0.15) is 4.80 Å². The van der Waals surface area contributed by atoms with E-state index in [1.165, 1.54) is 43.3 Å². The molecular weight excluding hydrogens is 412 g/mol. The first-order valence-corrected chi connectivity index (χ1v) is 13.6. The quantitative estimate of drug-likeness (QED) is 0.682. The minimum atomic E-state index is -0.494. The Morgan fingerprint density at radius 2 is 1.73 bits per heavy atom. The van der Waals surface area contributed by atoms with Gasteiger partial charge in [-0.15, -0.1) is 10.2 Å². The van der Waals surface area contributed by atoms with Crippen LogP contribution in [0.1, 0.15) is 104 Å². The highest BCUT2D eigenvalue weighted by Gasteiger charge is 2.59. The number of fused-ring (bicyclic) bond motifs is 5. The number of Topliss-reactive ketones (excluding diaryl/α,β-unsaturated/α-hetero) is 1. The van der Waals surface area contributed by atoms with Crippen LogP contribution in [-0.2, 0) is 11.3 Å². The first-order chi connectivity index (χ1) is 15.6. The molecule has 1 aromatic heterocycles. The topological polar surface area (TPSA) is 80.9 Å². The van der Waals surface area contributed by atoms with Gasteiger partial charge in [0.15, 0.2) is 11.6 Å². The second-order valence-electron chi connectivity index (χ2n) is 12.9. The van der Waals surface area contributed by atoms with Crippen LogP contribution in [0.4, 0.5) is 0 Å². The number of carbonyl (C=O) groups is 1. The Hall–Kier alpha value is -1.30. The molecule has 4 fully saturated rings. The van der Waals surface area contributed by atoms with E-state index in [9.17, 15) is 9.90 Å². The molecule has 4 saturated carbocycles. The summed E-state index contributed by atoms with van der Waals surface area (Å²) >= 11 is 0. The third-order valence-corrected chi connectivity index (χ3v) is 10.9. The van der Waals surface area contributed by atoms with Crippen molar-refractivity contribution >= 4 is 5.78 Å². The molecule has 1 aromatic rings. The van der Waals surface area contributed by atoms with Crippen LogP contribution in [0.5, 0.6) is 0 Å². The molecule has 0 amide bonds. The summed E-state index contributed by atoms with van der Waals surface area (Å²) in [6.45, 7) is 9.17. The molecule has 6 nitrogen and oxygen atoms in total. The highest BCUT2D eigenvalue weighted by atomic mass is 16.3. The van der Waals surface area contributed by atoms with Crippen molar-refractivity contribution in [2.75, 3.05) is 0 Å². The number of aromatic nitrogens is 4. The number of hydrogen-bond donors (Lipinski definition) is 1. The molecule has 5 rings (SSSR count). The van der Waals surface area contributed by atoms with Gasteiger partial charge in [0, 0.05) is 5.92 Å². The minimum Gasteiger partial charge on any atom is -0.390 e. The van der Waals surface area contributed by atoms with E-state index in [-0.39, 0.29) is 17.9 Å². The molecule has 0 saturated heterocycles. The summed E-state index contributed by atoms with van der Waals surface area (Å²) in [6, 6.07) is 0. The van der Waals surface area contributed by atoms with E-state index in [0.29, 0.717) is 28.9 Å². The molecule has 0 radical (unpaired) electrons. The standard InChI is InChI=1S/C27H44N4O2/c1-18-28-30-31(29-18)17-24(32)23-9-6-5-8-21-20-11-10-19-16-25(2,33)13-7-14-26(19,3)22(20)12-15-27(21,23)4/h19-23,33H,5-17H2,1-4H3/t19-,20+,21+,22+,23+,25-,26+,27+/m1/s1. The van der Waals surface area contributed by atoms with Gasteiger partial charge in [0.05, 0.1) is 5.60 Å². The highest BCUT2D eigenvalue weighted by molar-refractivity contribution is 5.81. The summed E-state index contributed by atoms with van der Waals surface area (Å²) in [6.07, 6.45) is 14.0. The summed E-state index contributed by atoms with van der Waals surface area (Å²) < 4.78 is 0. The summed E-state index contributed by atoms with van der Waals surface area (Å²) in [5.41, 5.74) is -0.0610. The van der Waals surface area contributed by atoms with Crippen molar-refractivity contribution < 1.29 is 9.90 Å². The molecule has 184 valence electrons. The fourth-order valence-electron chi connectivity index (χ4n) is 9.28. The van der Waals surface area contributed by atoms with Crippen molar-refractivity contribution in [1.29, 1.82) is 0 Å². The Labute approximate surface area is 199 Å². The van der Waals surface area contributed by atoms with E-state index in [1.54, 1.807) is 0 Å². The van der Waals surface area contributed by atoms with Crippen LogP contribution in [0, 0.1) is 47.3 Å². The Morgan fingerprint density at radius 3 is 2.48 bits per heavy atom. The van der Waals surface area contributed by atoms with Crippen molar-refractivity contribution in [3.05, 3.63) is 5.82 Å². The Balaban J connectivity index is 1.40. The van der Waals surface area contributed by atoms with Gasteiger partial charge in [0.2, 0.25) is 0 Å². The molecule has 0 spiro atoms. The van der Waals surface area contributed by atoms with E-state index >= 15 is 0 Å². The second-order valence-corrected chi connectivity index (χ2v) is 12.9. The predicted octanol–water partition coefficient (Wildman–Crippen LogP) is 5.13. The third kappa shape index (κ3) is 4.08. The number of carbonyl (C=O) groups excluding carboxylic acids is 1. The monoisotopic (exact) mass is 456 g/mol. The van der Waals surface area contributed by atoms with Gasteiger partial charge in [-0.3, -0.25) is 4.79 Å². The summed E-state index contributed by atoms with van der Waals surface area (Å²) in [5.74, 6) is 3.80. The molecule has 0 bridgehead atoms. The van der Waals surface area contributed by atoms with Gasteiger partial charge in [0.25, 0.3) is 0 Å². The average Bonchev–Trinajstić information content (AvgIpc) is 2.98. The molecule has 0 unspecified atom stereocenters. The lowest BCUT2D eigenvalue weighted by molar-refractivity contribution is -0.144. The van der Waals surface area contributed by atoms with Gasteiger partial charge < -0.3 is 5.11 Å². The number of aryl methyl sites for hydroxylation is 1. The first-order valence-electron chi connectivity index (χ1n) is 13.6. The van der Waals surface area contributed by atoms with Crippen LogP contribution in [0.2, 0.25) is 0 Å². The van der Waals surface area contributed by atoms with E-state index in [4.69, 9.17) is 0 Å². The fourth-order valence-corrected chi connectivity index (χ4v) is 9.28. The minimum absolute atomic E-state index is 0.0871. The van der Waals surface area contributed by atoms with Crippen molar-refractivity contribution in [2.45, 2.75) is 117 Å². The van der Waals surface area contributed by atoms with E-state index in [0.717, 1.165) is 50.4 Å². The van der Waals surface area contributed by atoms with Crippen LogP contribution < -0.4 is 0 Å². The van der Waals surface area contributed by atoms with E-state index < -0.39 is 5.60 Å². The van der Waals surface area contributed by atoms with Crippen LogP contribution in [0.3, 0.4) is 0 Å². The molecule has 1 heterocycles. The van der Waals surface area contributed by atoms with Crippen molar-refractivity contribution in [3.8, 4) is 0 Å². The lowest BCUT2D eigenvalue weighted by Crippen LogP contribution is -2.54. The molecule has 6 heteroatoms. The lowest BCUT2D eigenvalue weighted by Gasteiger charge is -2.61. The summed E-state index contributed by atoms with van der Waals surface area (Å²) in [7, 11) is 0. The van der Waals surface area contributed by atoms with Crippen LogP contribution >= 0.6 is 0 Å². The zero-order valence-corrected chi connectivity index (χ0v) is 21.2. The van der Waals surface area contributed by atoms with Crippen molar-refractivity contribution in [2.24, 2.45) is 40.4 Å². The smallest absolute Gasteiger partial charge is 0.171 e. The molecule has 8 atom stereocenters. The average molecular weight is 457 g/mol. The third-order valence-electron chi connectivity index (χ3n) is 10.9. The number of tetrazole rings is 1. The maximum absolute atomic E-state index is 13.6. The number of nitrogens with zero attached hydrogens (tertiary/aromatic N) is 4. The van der Waals surface area contributed by atoms with Gasteiger partial charge in [0.1, 0.15) is 6.54 Å². The highest BCUT2D eigenvalue weighted by Crippen LogP contribution is 2.66. The van der Waals surface area contributed by atoms with Gasteiger partial charge >= 0.3 is 0 Å². The maximum Gasteiger partial charge on any atom is 0.171 e. The molecule has 4 aliphatic rings. The molecule has 4 aliphatic carbocycles. The Morgan fingerprint density at radius 1 is 0.970 bits per heavy atom. The SMILES string of the molecule is Cc1nnn(CC(=O)[C@@H]2CCCC[C@H]3[C@@H]4CC[C@@H]5C[C@](C)(O)CCC[C@]5(C)[C@H]4CC[C@]23C)n1. The zero-order valence-electron chi connectivity index (χ0n) is 21.2. The Bertz CT molecular complexity index is 881. The van der Waals surface area contributed by atoms with Crippen molar-refractivity contribution in [3.63, 3.8) is 0 Å². The van der Waals surface area contributed by atoms with Crippen LogP contribution in [-0.4, -0.2) is 36.7 Å². The summed E-state index contributed by atoms with van der Waals surface area (Å²) in [5, 5.41) is 23.3. The lowest BCUT2D eigenvalue weighted by atomic mass is 9.44. The molecule has 33 heavy (non-hydrogen) atoms. The van der Waals surface area contributed by atoms with Gasteiger partial charge in [-0.25, -0.2) is 0 Å².